The van der Waals surface area contributed by atoms with Gasteiger partial charge >= 0.3 is 5.97 Å². The van der Waals surface area contributed by atoms with E-state index in [9.17, 15) is 21.6 Å². The number of carboxylic acid groups (broad SMARTS) is 1. The van der Waals surface area contributed by atoms with E-state index in [0.29, 0.717) is 0 Å². The average Bonchev–Trinajstić information content (AvgIpc) is 1.92. The largest absolute Gasteiger partial charge is 0.480 e. The minimum atomic E-state index is -4.19. The summed E-state index contributed by atoms with van der Waals surface area (Å²) in [7, 11) is -7.93. The lowest BCUT2D eigenvalue weighted by Gasteiger charge is -2.27. The Morgan fingerprint density at radius 2 is 1.65 bits per heavy atom. The van der Waals surface area contributed by atoms with Gasteiger partial charge in [-0.25, -0.2) is 16.8 Å². The molecule has 0 rings (SSSR count). The normalized spacial score (nSPS) is 15.5. The molecule has 0 aromatic carbocycles. The molecule has 0 fully saturated rings. The van der Waals surface area contributed by atoms with Crippen molar-refractivity contribution in [1.82, 2.24) is 4.72 Å². The standard InChI is InChI=1S/C8H17NO6S2/c1-8(2,3)6(7(10)11)9-17(14,15)5-16(4,12)13/h6,9H,5H2,1-4H3,(H,10,11). The molecule has 0 aliphatic carbocycles. The fourth-order valence-corrected chi connectivity index (χ4v) is 4.43. The Hall–Kier alpha value is -0.670. The Morgan fingerprint density at radius 3 is 1.88 bits per heavy atom. The topological polar surface area (TPSA) is 118 Å². The minimum absolute atomic E-state index is 0.763. The Morgan fingerprint density at radius 1 is 1.24 bits per heavy atom. The molecule has 0 spiro atoms. The van der Waals surface area contributed by atoms with E-state index in [0.717, 1.165) is 6.26 Å². The van der Waals surface area contributed by atoms with Crippen molar-refractivity contribution >= 4 is 25.8 Å². The van der Waals surface area contributed by atoms with Crippen molar-refractivity contribution in [2.75, 3.05) is 11.3 Å². The fourth-order valence-electron chi connectivity index (χ4n) is 1.09. The smallest absolute Gasteiger partial charge is 0.322 e. The lowest BCUT2D eigenvalue weighted by atomic mass is 9.88. The Labute approximate surface area is 101 Å². The number of hydrogen-bond donors (Lipinski definition) is 2. The van der Waals surface area contributed by atoms with Crippen LogP contribution in [0.3, 0.4) is 0 Å². The summed E-state index contributed by atoms with van der Waals surface area (Å²) in [6, 6.07) is -1.38. The summed E-state index contributed by atoms with van der Waals surface area (Å²) in [5.74, 6) is -1.35. The number of rotatable bonds is 5. The zero-order chi connectivity index (χ0) is 14.1. The number of sulfonamides is 1. The predicted octanol–water partition coefficient (Wildman–Crippen LogP) is -0.593. The number of aliphatic carboxylic acids is 1. The first-order chi connectivity index (χ1) is 7.25. The SMILES string of the molecule is CC(C)(C)C(NS(=O)(=O)CS(C)(=O)=O)C(=O)O. The van der Waals surface area contributed by atoms with Crippen LogP contribution in [0.4, 0.5) is 0 Å². The Bertz CT molecular complexity index is 485. The van der Waals surface area contributed by atoms with Crippen LogP contribution in [0, 0.1) is 5.41 Å². The molecule has 0 bridgehead atoms. The summed E-state index contributed by atoms with van der Waals surface area (Å²) in [4.78, 5) is 10.9. The van der Waals surface area contributed by atoms with Crippen LogP contribution >= 0.6 is 0 Å². The van der Waals surface area contributed by atoms with E-state index in [1.807, 2.05) is 4.72 Å². The van der Waals surface area contributed by atoms with Gasteiger partial charge in [-0.05, 0) is 5.41 Å². The monoisotopic (exact) mass is 287 g/mol. The molecule has 0 aliphatic rings. The lowest BCUT2D eigenvalue weighted by Crippen LogP contribution is -2.50. The quantitative estimate of drug-likeness (QED) is 0.697. The third kappa shape index (κ3) is 6.59. The van der Waals surface area contributed by atoms with Crippen LogP contribution in [0.5, 0.6) is 0 Å². The molecule has 0 saturated carbocycles. The second-order valence-electron chi connectivity index (χ2n) is 4.91. The predicted molar refractivity (Wildman–Crippen MR) is 62.6 cm³/mol. The maximum absolute atomic E-state index is 11.5. The fraction of sp³-hybridized carbons (Fsp3) is 0.875. The van der Waals surface area contributed by atoms with Gasteiger partial charge in [0, 0.05) is 6.26 Å². The third-order valence-electron chi connectivity index (χ3n) is 1.78. The molecule has 0 aromatic heterocycles. The van der Waals surface area contributed by atoms with Crippen LogP contribution in [0.25, 0.3) is 0 Å². The summed E-state index contributed by atoms with van der Waals surface area (Å²) in [6.45, 7) is 4.61. The highest BCUT2D eigenvalue weighted by molar-refractivity contribution is 8.06. The van der Waals surface area contributed by atoms with Gasteiger partial charge in [-0.1, -0.05) is 20.8 Å². The van der Waals surface area contributed by atoms with Crippen molar-refractivity contribution in [3.63, 3.8) is 0 Å². The highest BCUT2D eigenvalue weighted by Crippen LogP contribution is 2.20. The molecular weight excluding hydrogens is 270 g/mol. The van der Waals surface area contributed by atoms with Gasteiger partial charge < -0.3 is 5.11 Å². The molecule has 1 unspecified atom stereocenters. The van der Waals surface area contributed by atoms with Gasteiger partial charge in [-0.2, -0.15) is 4.72 Å². The van der Waals surface area contributed by atoms with Crippen molar-refractivity contribution < 1.29 is 26.7 Å². The first-order valence-corrected chi connectivity index (χ1v) is 8.36. The van der Waals surface area contributed by atoms with Gasteiger partial charge in [0.05, 0.1) is 0 Å². The van der Waals surface area contributed by atoms with Crippen LogP contribution in [-0.2, 0) is 24.7 Å². The van der Waals surface area contributed by atoms with Gasteiger partial charge in [-0.3, -0.25) is 4.79 Å². The molecule has 7 nitrogen and oxygen atoms in total. The van der Waals surface area contributed by atoms with Crippen LogP contribution in [0.1, 0.15) is 20.8 Å². The Kier molecular flexibility index (Phi) is 4.71. The first-order valence-electron chi connectivity index (χ1n) is 4.65. The van der Waals surface area contributed by atoms with Crippen molar-refractivity contribution in [3.8, 4) is 0 Å². The van der Waals surface area contributed by atoms with Crippen molar-refractivity contribution in [2.45, 2.75) is 26.8 Å². The van der Waals surface area contributed by atoms with Gasteiger partial charge in [0.2, 0.25) is 10.0 Å². The van der Waals surface area contributed by atoms with Crippen LogP contribution in [-0.4, -0.2) is 45.3 Å². The lowest BCUT2D eigenvalue weighted by molar-refractivity contribution is -0.141. The van der Waals surface area contributed by atoms with Crippen molar-refractivity contribution in [2.24, 2.45) is 5.41 Å². The zero-order valence-corrected chi connectivity index (χ0v) is 11.7. The van der Waals surface area contributed by atoms with Gasteiger partial charge in [0.25, 0.3) is 0 Å². The molecule has 17 heavy (non-hydrogen) atoms. The highest BCUT2D eigenvalue weighted by Gasteiger charge is 2.35. The number of sulfone groups is 1. The second kappa shape index (κ2) is 4.91. The molecule has 0 saturated heterocycles. The molecule has 1 atom stereocenters. The molecule has 102 valence electrons. The molecule has 0 aliphatic heterocycles. The number of hydrogen-bond acceptors (Lipinski definition) is 5. The van der Waals surface area contributed by atoms with Crippen LogP contribution in [0.2, 0.25) is 0 Å². The summed E-state index contributed by atoms with van der Waals surface area (Å²) in [5, 5.41) is 7.77. The molecule has 2 N–H and O–H groups in total. The number of carbonyl (C=O) groups is 1. The minimum Gasteiger partial charge on any atom is -0.480 e. The van der Waals surface area contributed by atoms with E-state index in [1.165, 1.54) is 20.8 Å². The van der Waals surface area contributed by atoms with Gasteiger partial charge in [0.15, 0.2) is 14.9 Å². The van der Waals surface area contributed by atoms with Crippen molar-refractivity contribution in [1.29, 1.82) is 0 Å². The van der Waals surface area contributed by atoms with E-state index in [4.69, 9.17) is 5.11 Å². The summed E-state index contributed by atoms with van der Waals surface area (Å²) >= 11 is 0. The van der Waals surface area contributed by atoms with E-state index < -0.39 is 42.4 Å². The number of nitrogens with one attached hydrogen (secondary N) is 1. The average molecular weight is 287 g/mol. The molecule has 9 heteroatoms. The third-order valence-corrected chi connectivity index (χ3v) is 5.33. The zero-order valence-electron chi connectivity index (χ0n) is 10.1. The van der Waals surface area contributed by atoms with Gasteiger partial charge in [0.1, 0.15) is 6.04 Å². The number of carboxylic acids is 1. The van der Waals surface area contributed by atoms with E-state index in [-0.39, 0.29) is 0 Å². The molecule has 0 amide bonds. The molecule has 0 radical (unpaired) electrons. The maximum Gasteiger partial charge on any atom is 0.322 e. The molecule has 0 heterocycles. The Balaban J connectivity index is 5.10. The summed E-state index contributed by atoms with van der Waals surface area (Å²) < 4.78 is 46.6. The van der Waals surface area contributed by atoms with E-state index >= 15 is 0 Å². The summed E-state index contributed by atoms with van der Waals surface area (Å²) in [6.07, 6.45) is 0.763. The van der Waals surface area contributed by atoms with E-state index in [1.54, 1.807) is 0 Å². The van der Waals surface area contributed by atoms with E-state index in [2.05, 4.69) is 0 Å². The van der Waals surface area contributed by atoms with Crippen molar-refractivity contribution in [3.05, 3.63) is 0 Å². The van der Waals surface area contributed by atoms with Gasteiger partial charge in [-0.15, -0.1) is 0 Å². The molecular formula is C8H17NO6S2. The first kappa shape index (κ1) is 16.3. The summed E-state index contributed by atoms with van der Waals surface area (Å²) in [5.41, 5.74) is -0.865. The maximum atomic E-state index is 11.5. The molecule has 0 aromatic rings. The highest BCUT2D eigenvalue weighted by atomic mass is 32.3. The second-order valence-corrected chi connectivity index (χ2v) is 9.17. The van der Waals surface area contributed by atoms with Crippen LogP contribution in [0.15, 0.2) is 0 Å². The van der Waals surface area contributed by atoms with Crippen LogP contribution < -0.4 is 4.72 Å².